The maximum absolute atomic E-state index is 13.8. The van der Waals surface area contributed by atoms with Crippen LogP contribution in [0.25, 0.3) is 0 Å². The molecule has 0 atom stereocenters. The molecule has 7 heteroatoms. The van der Waals surface area contributed by atoms with Crippen molar-refractivity contribution >= 4 is 5.97 Å². The second-order valence-corrected chi connectivity index (χ2v) is 3.54. The van der Waals surface area contributed by atoms with Gasteiger partial charge in [0.05, 0.1) is 19.9 Å². The Morgan fingerprint density at radius 3 is 2.94 bits per heavy atom. The summed E-state index contributed by atoms with van der Waals surface area (Å²) in [7, 11) is 1.38. The van der Waals surface area contributed by atoms with Crippen LogP contribution in [0.15, 0.2) is 24.4 Å². The Balaban J connectivity index is 2.25. The number of nitrogens with zero attached hydrogens (tertiary/aromatic N) is 3. The number of hydrogen-bond donors (Lipinski definition) is 1. The zero-order chi connectivity index (χ0) is 13.1. The van der Waals surface area contributed by atoms with E-state index in [0.717, 1.165) is 0 Å². The Bertz CT molecular complexity index is 583. The fraction of sp³-hybridized carbons (Fsp3) is 0.182. The zero-order valence-electron chi connectivity index (χ0n) is 9.50. The maximum Gasteiger partial charge on any atom is 0.358 e. The molecule has 0 spiro atoms. The molecule has 1 N–H and O–H groups in total. The van der Waals surface area contributed by atoms with E-state index in [-0.39, 0.29) is 18.0 Å². The van der Waals surface area contributed by atoms with Crippen molar-refractivity contribution in [1.82, 2.24) is 15.0 Å². The normalized spacial score (nSPS) is 10.3. The van der Waals surface area contributed by atoms with Crippen molar-refractivity contribution in [3.63, 3.8) is 0 Å². The van der Waals surface area contributed by atoms with E-state index < -0.39 is 11.8 Å². The molecule has 0 unspecified atom stereocenters. The SMILES string of the molecule is COc1cccc(Cn2cc(C(=O)O)nn2)c1F. The fourth-order valence-electron chi connectivity index (χ4n) is 1.48. The maximum atomic E-state index is 13.8. The van der Waals surface area contributed by atoms with Crippen molar-refractivity contribution in [2.75, 3.05) is 7.11 Å². The van der Waals surface area contributed by atoms with Gasteiger partial charge in [-0.3, -0.25) is 0 Å². The number of benzene rings is 1. The number of aromatic nitrogens is 3. The molecule has 0 aliphatic rings. The van der Waals surface area contributed by atoms with Crippen LogP contribution in [0.5, 0.6) is 5.75 Å². The lowest BCUT2D eigenvalue weighted by Gasteiger charge is -2.06. The van der Waals surface area contributed by atoms with Gasteiger partial charge in [0.1, 0.15) is 0 Å². The average molecular weight is 251 g/mol. The summed E-state index contributed by atoms with van der Waals surface area (Å²) in [6, 6.07) is 4.72. The van der Waals surface area contributed by atoms with Crippen LogP contribution < -0.4 is 4.74 Å². The van der Waals surface area contributed by atoms with Gasteiger partial charge in [-0.2, -0.15) is 0 Å². The van der Waals surface area contributed by atoms with Gasteiger partial charge >= 0.3 is 5.97 Å². The molecule has 18 heavy (non-hydrogen) atoms. The number of methoxy groups -OCH3 is 1. The Hall–Kier alpha value is -2.44. The van der Waals surface area contributed by atoms with Crippen LogP contribution in [0.1, 0.15) is 16.1 Å². The molecule has 0 aliphatic heterocycles. The lowest BCUT2D eigenvalue weighted by atomic mass is 10.2. The molecule has 1 aromatic heterocycles. The second kappa shape index (κ2) is 4.82. The van der Waals surface area contributed by atoms with Gasteiger partial charge in [-0.1, -0.05) is 17.3 Å². The molecule has 0 bridgehead atoms. The van der Waals surface area contributed by atoms with Crippen LogP contribution in [0.3, 0.4) is 0 Å². The molecule has 2 aromatic rings. The van der Waals surface area contributed by atoms with Gasteiger partial charge in [-0.05, 0) is 6.07 Å². The summed E-state index contributed by atoms with van der Waals surface area (Å²) in [5.74, 6) is -1.54. The average Bonchev–Trinajstić information content (AvgIpc) is 2.80. The number of carboxylic acid groups (broad SMARTS) is 1. The number of rotatable bonds is 4. The molecule has 0 aliphatic carbocycles. The first-order valence-electron chi connectivity index (χ1n) is 5.06. The third-order valence-corrected chi connectivity index (χ3v) is 2.35. The molecular formula is C11H10FN3O3. The number of hydrogen-bond acceptors (Lipinski definition) is 4. The Morgan fingerprint density at radius 2 is 2.33 bits per heavy atom. The van der Waals surface area contributed by atoms with E-state index >= 15 is 0 Å². The van der Waals surface area contributed by atoms with Crippen molar-refractivity contribution in [3.05, 3.63) is 41.5 Å². The Labute approximate surface area is 102 Å². The van der Waals surface area contributed by atoms with Gasteiger partial charge in [0, 0.05) is 5.56 Å². The fourth-order valence-corrected chi connectivity index (χ4v) is 1.48. The quantitative estimate of drug-likeness (QED) is 0.882. The minimum atomic E-state index is -1.17. The van der Waals surface area contributed by atoms with Gasteiger partial charge in [-0.15, -0.1) is 5.10 Å². The van der Waals surface area contributed by atoms with Crippen LogP contribution in [0.2, 0.25) is 0 Å². The third-order valence-electron chi connectivity index (χ3n) is 2.35. The summed E-state index contributed by atoms with van der Waals surface area (Å²) in [6.07, 6.45) is 1.24. The summed E-state index contributed by atoms with van der Waals surface area (Å²) < 4.78 is 19.9. The molecule has 0 amide bonds. The molecule has 1 heterocycles. The highest BCUT2D eigenvalue weighted by molar-refractivity contribution is 5.84. The molecule has 1 aromatic carbocycles. The predicted octanol–water partition coefficient (Wildman–Crippen LogP) is 1.17. The highest BCUT2D eigenvalue weighted by atomic mass is 19.1. The van der Waals surface area contributed by atoms with Gasteiger partial charge in [0.15, 0.2) is 17.3 Å². The van der Waals surface area contributed by atoms with Crippen molar-refractivity contribution in [2.45, 2.75) is 6.54 Å². The van der Waals surface area contributed by atoms with E-state index in [1.807, 2.05) is 0 Å². The predicted molar refractivity (Wildman–Crippen MR) is 59.0 cm³/mol. The first kappa shape index (κ1) is 12.0. The number of halogens is 1. The van der Waals surface area contributed by atoms with E-state index in [2.05, 4.69) is 10.3 Å². The lowest BCUT2D eigenvalue weighted by molar-refractivity contribution is 0.0690. The highest BCUT2D eigenvalue weighted by Crippen LogP contribution is 2.20. The van der Waals surface area contributed by atoms with Crippen LogP contribution in [0, 0.1) is 5.82 Å². The number of aromatic carboxylic acids is 1. The minimum absolute atomic E-state index is 0.0866. The summed E-state index contributed by atoms with van der Waals surface area (Å²) >= 11 is 0. The van der Waals surface area contributed by atoms with E-state index in [0.29, 0.717) is 5.56 Å². The van der Waals surface area contributed by atoms with Crippen molar-refractivity contribution in [3.8, 4) is 5.75 Å². The van der Waals surface area contributed by atoms with Gasteiger partial charge < -0.3 is 9.84 Å². The molecule has 0 saturated carbocycles. The first-order valence-corrected chi connectivity index (χ1v) is 5.06. The summed E-state index contributed by atoms with van der Waals surface area (Å²) in [4.78, 5) is 10.6. The third kappa shape index (κ3) is 2.29. The smallest absolute Gasteiger partial charge is 0.358 e. The second-order valence-electron chi connectivity index (χ2n) is 3.54. The number of carbonyl (C=O) groups is 1. The van der Waals surface area contributed by atoms with Crippen molar-refractivity contribution in [2.24, 2.45) is 0 Å². The van der Waals surface area contributed by atoms with Crippen LogP contribution in [0.4, 0.5) is 4.39 Å². The van der Waals surface area contributed by atoms with Gasteiger partial charge in [0.2, 0.25) is 0 Å². The van der Waals surface area contributed by atoms with E-state index in [1.54, 1.807) is 12.1 Å². The molecule has 2 rings (SSSR count). The summed E-state index contributed by atoms with van der Waals surface area (Å²) in [5, 5.41) is 15.7. The number of carboxylic acids is 1. The van der Waals surface area contributed by atoms with Gasteiger partial charge in [0.25, 0.3) is 0 Å². The van der Waals surface area contributed by atoms with Crippen molar-refractivity contribution < 1.29 is 19.0 Å². The van der Waals surface area contributed by atoms with Crippen molar-refractivity contribution in [1.29, 1.82) is 0 Å². The van der Waals surface area contributed by atoms with Gasteiger partial charge in [-0.25, -0.2) is 13.9 Å². The van der Waals surface area contributed by atoms with Crippen LogP contribution in [-0.2, 0) is 6.54 Å². The molecule has 0 radical (unpaired) electrons. The zero-order valence-corrected chi connectivity index (χ0v) is 9.50. The van der Waals surface area contributed by atoms with E-state index in [1.165, 1.54) is 24.1 Å². The summed E-state index contributed by atoms with van der Waals surface area (Å²) in [5.41, 5.74) is 0.162. The molecule has 6 nitrogen and oxygen atoms in total. The topological polar surface area (TPSA) is 77.2 Å². The first-order chi connectivity index (χ1) is 8.61. The Morgan fingerprint density at radius 1 is 1.56 bits per heavy atom. The van der Waals surface area contributed by atoms with E-state index in [4.69, 9.17) is 9.84 Å². The Kier molecular flexibility index (Phi) is 3.22. The molecule has 94 valence electrons. The van der Waals surface area contributed by atoms with Crippen LogP contribution in [-0.4, -0.2) is 33.2 Å². The molecule has 0 saturated heterocycles. The molecular weight excluding hydrogens is 241 g/mol. The van der Waals surface area contributed by atoms with E-state index in [9.17, 15) is 9.18 Å². The molecule has 0 fully saturated rings. The van der Waals surface area contributed by atoms with Crippen LogP contribution >= 0.6 is 0 Å². The summed E-state index contributed by atoms with van der Waals surface area (Å²) in [6.45, 7) is 0.0866. The number of ether oxygens (including phenoxy) is 1. The highest BCUT2D eigenvalue weighted by Gasteiger charge is 2.12. The monoisotopic (exact) mass is 251 g/mol. The standard InChI is InChI=1S/C11H10FN3O3/c1-18-9-4-2-3-7(10(9)12)5-15-6-8(11(16)17)13-14-15/h2-4,6H,5H2,1H3,(H,16,17). The largest absolute Gasteiger partial charge is 0.494 e. The lowest BCUT2D eigenvalue weighted by Crippen LogP contribution is -2.04. The minimum Gasteiger partial charge on any atom is -0.494 e.